The first-order valence-electron chi connectivity index (χ1n) is 10.1. The van der Waals surface area contributed by atoms with E-state index in [9.17, 15) is 13.2 Å². The molecule has 0 aromatic heterocycles. The summed E-state index contributed by atoms with van der Waals surface area (Å²) in [6.07, 6.45) is 0. The lowest BCUT2D eigenvalue weighted by molar-refractivity contribution is -0.123. The number of rotatable bonds is 10. The van der Waals surface area contributed by atoms with Gasteiger partial charge in [-0.1, -0.05) is 18.2 Å². The van der Waals surface area contributed by atoms with Gasteiger partial charge in [0.15, 0.2) is 6.61 Å². The van der Waals surface area contributed by atoms with Crippen LogP contribution in [0.3, 0.4) is 0 Å². The van der Waals surface area contributed by atoms with Gasteiger partial charge in [-0.05, 0) is 61.0 Å². The maximum Gasteiger partial charge on any atom is 0.261 e. The van der Waals surface area contributed by atoms with Crippen molar-refractivity contribution in [2.45, 2.75) is 18.4 Å². The Morgan fingerprint density at radius 2 is 1.64 bits per heavy atom. The molecule has 0 aliphatic heterocycles. The fourth-order valence-electron chi connectivity index (χ4n) is 3.06. The summed E-state index contributed by atoms with van der Waals surface area (Å²) in [5.74, 6) is 1.43. The van der Waals surface area contributed by atoms with Gasteiger partial charge in [0.2, 0.25) is 0 Å². The fourth-order valence-corrected chi connectivity index (χ4v) is 4.20. The van der Waals surface area contributed by atoms with E-state index in [-0.39, 0.29) is 17.4 Å². The van der Waals surface area contributed by atoms with Crippen molar-refractivity contribution in [1.29, 1.82) is 0 Å². The summed E-state index contributed by atoms with van der Waals surface area (Å²) < 4.78 is 43.9. The summed E-state index contributed by atoms with van der Waals surface area (Å²) in [4.78, 5) is 12.3. The monoisotopic (exact) mass is 470 g/mol. The van der Waals surface area contributed by atoms with E-state index in [2.05, 4.69) is 10.0 Å². The predicted molar refractivity (Wildman–Crippen MR) is 125 cm³/mol. The minimum absolute atomic E-state index is 0.0868. The summed E-state index contributed by atoms with van der Waals surface area (Å²) in [5, 5.41) is 2.78. The molecule has 3 rings (SSSR count). The number of carbonyl (C=O) groups is 1. The van der Waals surface area contributed by atoms with Crippen molar-refractivity contribution in [2.24, 2.45) is 0 Å². The highest BCUT2D eigenvalue weighted by Crippen LogP contribution is 2.24. The van der Waals surface area contributed by atoms with Crippen molar-refractivity contribution in [3.05, 3.63) is 77.9 Å². The number of carbonyl (C=O) groups excluding carboxylic acids is 1. The zero-order valence-electron chi connectivity index (χ0n) is 18.6. The van der Waals surface area contributed by atoms with Crippen LogP contribution >= 0.6 is 0 Å². The number of anilines is 1. The molecule has 0 heterocycles. The molecule has 0 radical (unpaired) electrons. The molecule has 174 valence electrons. The molecule has 8 nitrogen and oxygen atoms in total. The van der Waals surface area contributed by atoms with Gasteiger partial charge < -0.3 is 19.5 Å². The maximum absolute atomic E-state index is 12.7. The van der Waals surface area contributed by atoms with Crippen LogP contribution < -0.4 is 24.2 Å². The summed E-state index contributed by atoms with van der Waals surface area (Å²) >= 11 is 0. The summed E-state index contributed by atoms with van der Waals surface area (Å²) in [6, 6.07) is 18.4. The normalized spacial score (nSPS) is 10.9. The summed E-state index contributed by atoms with van der Waals surface area (Å²) in [6.45, 7) is 1.82. The number of ether oxygens (including phenoxy) is 3. The Balaban J connectivity index is 1.58. The van der Waals surface area contributed by atoms with Crippen LogP contribution in [0.1, 0.15) is 11.1 Å². The van der Waals surface area contributed by atoms with Gasteiger partial charge in [0, 0.05) is 17.8 Å². The molecule has 3 aromatic rings. The van der Waals surface area contributed by atoms with E-state index >= 15 is 0 Å². The standard InChI is InChI=1S/C24H26N2O6S/c1-17-14-21(33(28,29)26-19-8-10-20(30-2)11-9-19)12-13-22(17)32-16-24(27)25-15-18-6-4-5-7-23(18)31-3/h4-14,26H,15-16H2,1-3H3,(H,25,27). The third-order valence-corrected chi connectivity index (χ3v) is 6.21. The van der Waals surface area contributed by atoms with Crippen LogP contribution in [0.25, 0.3) is 0 Å². The second-order valence-electron chi connectivity index (χ2n) is 7.14. The zero-order chi connectivity index (χ0) is 23.8. The number of amides is 1. The molecule has 0 saturated heterocycles. The molecule has 9 heteroatoms. The molecule has 0 unspecified atom stereocenters. The molecule has 0 bridgehead atoms. The maximum atomic E-state index is 12.7. The van der Waals surface area contributed by atoms with Crippen molar-refractivity contribution in [3.8, 4) is 17.2 Å². The molecule has 0 aliphatic carbocycles. The van der Waals surface area contributed by atoms with E-state index in [1.807, 2.05) is 24.3 Å². The molecule has 0 saturated carbocycles. The van der Waals surface area contributed by atoms with Crippen LogP contribution in [0.4, 0.5) is 5.69 Å². The number of sulfonamides is 1. The Hall–Kier alpha value is -3.72. The molecular formula is C24H26N2O6S. The second kappa shape index (κ2) is 10.7. The van der Waals surface area contributed by atoms with Gasteiger partial charge in [-0.2, -0.15) is 0 Å². The van der Waals surface area contributed by atoms with Gasteiger partial charge >= 0.3 is 0 Å². The Labute approximate surface area is 193 Å². The molecule has 0 spiro atoms. The largest absolute Gasteiger partial charge is 0.497 e. The molecule has 2 N–H and O–H groups in total. The molecule has 0 atom stereocenters. The fraction of sp³-hybridized carbons (Fsp3) is 0.208. The number of nitrogens with one attached hydrogen (secondary N) is 2. The smallest absolute Gasteiger partial charge is 0.261 e. The highest BCUT2D eigenvalue weighted by atomic mass is 32.2. The number of hydrogen-bond donors (Lipinski definition) is 2. The van der Waals surface area contributed by atoms with E-state index < -0.39 is 10.0 Å². The van der Waals surface area contributed by atoms with Gasteiger partial charge in [0.25, 0.3) is 15.9 Å². The minimum atomic E-state index is -3.79. The van der Waals surface area contributed by atoms with Crippen molar-refractivity contribution in [2.75, 3.05) is 25.5 Å². The van der Waals surface area contributed by atoms with Gasteiger partial charge in [0.1, 0.15) is 17.2 Å². The van der Waals surface area contributed by atoms with Gasteiger partial charge in [0.05, 0.1) is 19.1 Å². The van der Waals surface area contributed by atoms with Crippen LogP contribution in [0, 0.1) is 6.92 Å². The lowest BCUT2D eigenvalue weighted by Crippen LogP contribution is -2.28. The highest BCUT2D eigenvalue weighted by Gasteiger charge is 2.16. The Morgan fingerprint density at radius 3 is 2.30 bits per heavy atom. The third-order valence-electron chi connectivity index (χ3n) is 4.83. The van der Waals surface area contributed by atoms with E-state index in [1.165, 1.54) is 25.3 Å². The first-order chi connectivity index (χ1) is 15.8. The van der Waals surface area contributed by atoms with E-state index in [0.717, 1.165) is 5.56 Å². The zero-order valence-corrected chi connectivity index (χ0v) is 19.4. The van der Waals surface area contributed by atoms with Crippen molar-refractivity contribution < 1.29 is 27.4 Å². The minimum Gasteiger partial charge on any atom is -0.497 e. The Kier molecular flexibility index (Phi) is 7.78. The van der Waals surface area contributed by atoms with Crippen LogP contribution in [0.2, 0.25) is 0 Å². The number of methoxy groups -OCH3 is 2. The average Bonchev–Trinajstić information content (AvgIpc) is 2.82. The first kappa shape index (κ1) is 23.9. The summed E-state index contributed by atoms with van der Waals surface area (Å²) in [5.41, 5.74) is 1.86. The van der Waals surface area contributed by atoms with E-state index in [4.69, 9.17) is 14.2 Å². The van der Waals surface area contributed by atoms with Gasteiger partial charge in [-0.25, -0.2) is 8.42 Å². The Bertz CT molecular complexity index is 1210. The number of aryl methyl sites for hydroxylation is 1. The van der Waals surface area contributed by atoms with Crippen LogP contribution in [0.15, 0.2) is 71.6 Å². The molecule has 0 fully saturated rings. The topological polar surface area (TPSA) is 103 Å². The lowest BCUT2D eigenvalue weighted by atomic mass is 10.2. The predicted octanol–water partition coefficient (Wildman–Crippen LogP) is 3.51. The average molecular weight is 471 g/mol. The van der Waals surface area contributed by atoms with Gasteiger partial charge in [-0.3, -0.25) is 9.52 Å². The van der Waals surface area contributed by atoms with E-state index in [0.29, 0.717) is 35.0 Å². The van der Waals surface area contributed by atoms with E-state index in [1.54, 1.807) is 38.3 Å². The van der Waals surface area contributed by atoms with Crippen molar-refractivity contribution >= 4 is 21.6 Å². The molecule has 3 aromatic carbocycles. The number of benzene rings is 3. The first-order valence-corrected chi connectivity index (χ1v) is 11.6. The molecule has 0 aliphatic rings. The molecule has 1 amide bonds. The second-order valence-corrected chi connectivity index (χ2v) is 8.82. The third kappa shape index (κ3) is 6.39. The number of hydrogen-bond acceptors (Lipinski definition) is 6. The van der Waals surface area contributed by atoms with Gasteiger partial charge in [-0.15, -0.1) is 0 Å². The number of para-hydroxylation sites is 1. The summed E-state index contributed by atoms with van der Waals surface area (Å²) in [7, 11) is -0.677. The Morgan fingerprint density at radius 1 is 0.909 bits per heavy atom. The highest BCUT2D eigenvalue weighted by molar-refractivity contribution is 7.92. The molecule has 33 heavy (non-hydrogen) atoms. The van der Waals surface area contributed by atoms with Crippen molar-refractivity contribution in [3.63, 3.8) is 0 Å². The quantitative estimate of drug-likeness (QED) is 0.470. The lowest BCUT2D eigenvalue weighted by Gasteiger charge is -2.13. The molecular weight excluding hydrogens is 444 g/mol. The van der Waals surface area contributed by atoms with Crippen molar-refractivity contribution in [1.82, 2.24) is 5.32 Å². The van der Waals surface area contributed by atoms with Crippen LogP contribution in [-0.2, 0) is 21.4 Å². The SMILES string of the molecule is COc1ccc(NS(=O)(=O)c2ccc(OCC(=O)NCc3ccccc3OC)c(C)c2)cc1. The van der Waals surface area contributed by atoms with Crippen LogP contribution in [-0.4, -0.2) is 35.2 Å². The van der Waals surface area contributed by atoms with Crippen LogP contribution in [0.5, 0.6) is 17.2 Å².